The number of hydrogen-bond acceptors (Lipinski definition) is 4. The summed E-state index contributed by atoms with van der Waals surface area (Å²) in [6.07, 6.45) is 1.69. The molecule has 13 heavy (non-hydrogen) atoms. The Morgan fingerprint density at radius 1 is 1.62 bits per heavy atom. The van der Waals surface area contributed by atoms with E-state index in [-0.39, 0.29) is 5.56 Å². The summed E-state index contributed by atoms with van der Waals surface area (Å²) in [5, 5.41) is 0. The fraction of sp³-hybridized carbons (Fsp3) is 0.500. The molecule has 0 radical (unpaired) electrons. The molecule has 0 aliphatic carbocycles. The molecule has 0 atom stereocenters. The standard InChI is InChI=1S/C8H14N4O/c1-3-4-6-10-7(12-9)5(2)8(13)11-6/h3-4,9H2,1-2H3,(H2,10,11,12,13). The van der Waals surface area contributed by atoms with Crippen LogP contribution in [0.3, 0.4) is 0 Å². The fourth-order valence-electron chi connectivity index (χ4n) is 1.07. The van der Waals surface area contributed by atoms with Crippen molar-refractivity contribution in [2.45, 2.75) is 26.7 Å². The van der Waals surface area contributed by atoms with E-state index in [2.05, 4.69) is 15.4 Å². The van der Waals surface area contributed by atoms with E-state index in [1.165, 1.54) is 0 Å². The van der Waals surface area contributed by atoms with Crippen molar-refractivity contribution >= 4 is 5.82 Å². The van der Waals surface area contributed by atoms with Crippen molar-refractivity contribution in [3.8, 4) is 0 Å². The van der Waals surface area contributed by atoms with Gasteiger partial charge in [-0.2, -0.15) is 0 Å². The lowest BCUT2D eigenvalue weighted by atomic mass is 10.3. The van der Waals surface area contributed by atoms with Crippen LogP contribution in [0.25, 0.3) is 0 Å². The van der Waals surface area contributed by atoms with Gasteiger partial charge in [0.1, 0.15) is 5.82 Å². The molecule has 0 aliphatic rings. The van der Waals surface area contributed by atoms with Crippen LogP contribution in [0.15, 0.2) is 4.79 Å². The van der Waals surface area contributed by atoms with E-state index in [1.54, 1.807) is 6.92 Å². The van der Waals surface area contributed by atoms with Crippen LogP contribution in [0, 0.1) is 6.92 Å². The first kappa shape index (κ1) is 9.73. The second kappa shape index (κ2) is 4.04. The molecule has 4 N–H and O–H groups in total. The van der Waals surface area contributed by atoms with Gasteiger partial charge in [-0.25, -0.2) is 10.8 Å². The Labute approximate surface area is 76.4 Å². The molecule has 0 aliphatic heterocycles. The number of hydrogen-bond donors (Lipinski definition) is 3. The Bertz CT molecular complexity index is 344. The lowest BCUT2D eigenvalue weighted by Gasteiger charge is -2.05. The van der Waals surface area contributed by atoms with E-state index in [1.807, 2.05) is 6.92 Å². The summed E-state index contributed by atoms with van der Waals surface area (Å²) in [4.78, 5) is 18.1. The van der Waals surface area contributed by atoms with Gasteiger partial charge < -0.3 is 10.4 Å². The predicted molar refractivity (Wildman–Crippen MR) is 51.4 cm³/mol. The van der Waals surface area contributed by atoms with Crippen molar-refractivity contribution < 1.29 is 0 Å². The maximum atomic E-state index is 11.3. The summed E-state index contributed by atoms with van der Waals surface area (Å²) in [6, 6.07) is 0. The van der Waals surface area contributed by atoms with Crippen molar-refractivity contribution in [3.05, 3.63) is 21.7 Å². The highest BCUT2D eigenvalue weighted by Crippen LogP contribution is 2.04. The third-order valence-corrected chi connectivity index (χ3v) is 1.82. The number of aromatic nitrogens is 2. The van der Waals surface area contributed by atoms with Crippen LogP contribution in [0.1, 0.15) is 24.7 Å². The van der Waals surface area contributed by atoms with Crippen LogP contribution in [0.2, 0.25) is 0 Å². The highest BCUT2D eigenvalue weighted by Gasteiger charge is 2.04. The molecule has 0 aromatic carbocycles. The van der Waals surface area contributed by atoms with Crippen molar-refractivity contribution in [1.29, 1.82) is 0 Å². The number of hydrazine groups is 1. The molecule has 0 fully saturated rings. The minimum atomic E-state index is -0.133. The summed E-state index contributed by atoms with van der Waals surface area (Å²) in [7, 11) is 0. The maximum Gasteiger partial charge on any atom is 0.255 e. The molecule has 0 unspecified atom stereocenters. The van der Waals surface area contributed by atoms with Crippen LogP contribution in [0.5, 0.6) is 0 Å². The zero-order chi connectivity index (χ0) is 9.84. The average molecular weight is 182 g/mol. The molecule has 1 aromatic heterocycles. The van der Waals surface area contributed by atoms with E-state index in [9.17, 15) is 4.79 Å². The SMILES string of the molecule is CCCc1nc(NN)c(C)c(=O)[nH]1. The first-order valence-electron chi connectivity index (χ1n) is 4.25. The molecule has 0 bridgehead atoms. The predicted octanol–water partition coefficient (Wildman–Crippen LogP) is 0.316. The second-order valence-corrected chi connectivity index (χ2v) is 2.88. The van der Waals surface area contributed by atoms with Gasteiger partial charge in [0.05, 0.1) is 5.56 Å². The highest BCUT2D eigenvalue weighted by molar-refractivity contribution is 5.40. The fourth-order valence-corrected chi connectivity index (χ4v) is 1.07. The van der Waals surface area contributed by atoms with Gasteiger partial charge in [0.25, 0.3) is 5.56 Å². The Morgan fingerprint density at radius 3 is 2.85 bits per heavy atom. The van der Waals surface area contributed by atoms with Gasteiger partial charge >= 0.3 is 0 Å². The van der Waals surface area contributed by atoms with Crippen LogP contribution >= 0.6 is 0 Å². The number of nitrogen functional groups attached to an aromatic ring is 1. The van der Waals surface area contributed by atoms with Gasteiger partial charge in [-0.3, -0.25) is 4.79 Å². The Hall–Kier alpha value is -1.36. The molecular formula is C8H14N4O. The number of aryl methyl sites for hydroxylation is 1. The zero-order valence-electron chi connectivity index (χ0n) is 7.85. The molecule has 72 valence electrons. The average Bonchev–Trinajstić information content (AvgIpc) is 2.11. The second-order valence-electron chi connectivity index (χ2n) is 2.88. The molecule has 1 heterocycles. The van der Waals surface area contributed by atoms with Gasteiger partial charge in [0.15, 0.2) is 5.82 Å². The normalized spacial score (nSPS) is 10.1. The third kappa shape index (κ3) is 2.06. The zero-order valence-corrected chi connectivity index (χ0v) is 7.85. The highest BCUT2D eigenvalue weighted by atomic mass is 16.1. The van der Waals surface area contributed by atoms with Crippen LogP contribution in [-0.4, -0.2) is 9.97 Å². The summed E-state index contributed by atoms with van der Waals surface area (Å²) in [5.41, 5.74) is 2.79. The number of rotatable bonds is 3. The van der Waals surface area contributed by atoms with Crippen molar-refractivity contribution in [2.24, 2.45) is 5.84 Å². The quantitative estimate of drug-likeness (QED) is 0.464. The van der Waals surface area contributed by atoms with Gasteiger partial charge in [0, 0.05) is 6.42 Å². The molecule has 0 saturated carbocycles. The minimum Gasteiger partial charge on any atom is -0.310 e. The Balaban J connectivity index is 3.14. The molecule has 1 aromatic rings. The summed E-state index contributed by atoms with van der Waals surface area (Å²) >= 11 is 0. The van der Waals surface area contributed by atoms with Crippen LogP contribution < -0.4 is 16.8 Å². The molecule has 1 rings (SSSR count). The van der Waals surface area contributed by atoms with Crippen molar-refractivity contribution in [1.82, 2.24) is 9.97 Å². The van der Waals surface area contributed by atoms with Gasteiger partial charge in [-0.15, -0.1) is 0 Å². The number of anilines is 1. The van der Waals surface area contributed by atoms with E-state index in [0.717, 1.165) is 12.8 Å². The molecule has 0 spiro atoms. The maximum absolute atomic E-state index is 11.3. The number of aromatic amines is 1. The van der Waals surface area contributed by atoms with Crippen molar-refractivity contribution in [2.75, 3.05) is 5.43 Å². The number of nitrogens with two attached hydrogens (primary N) is 1. The topological polar surface area (TPSA) is 83.8 Å². The Kier molecular flexibility index (Phi) is 3.02. The summed E-state index contributed by atoms with van der Waals surface area (Å²) < 4.78 is 0. The molecular weight excluding hydrogens is 168 g/mol. The molecule has 0 amide bonds. The Morgan fingerprint density at radius 2 is 2.31 bits per heavy atom. The van der Waals surface area contributed by atoms with Gasteiger partial charge in [0.2, 0.25) is 0 Å². The molecule has 0 saturated heterocycles. The number of nitrogens with one attached hydrogen (secondary N) is 2. The largest absolute Gasteiger partial charge is 0.310 e. The summed E-state index contributed by atoms with van der Waals surface area (Å²) in [5.74, 6) is 6.34. The lowest BCUT2D eigenvalue weighted by molar-refractivity contribution is 0.821. The van der Waals surface area contributed by atoms with Crippen LogP contribution in [0.4, 0.5) is 5.82 Å². The number of nitrogens with zero attached hydrogens (tertiary/aromatic N) is 1. The minimum absolute atomic E-state index is 0.133. The van der Waals surface area contributed by atoms with E-state index in [4.69, 9.17) is 5.84 Å². The van der Waals surface area contributed by atoms with Gasteiger partial charge in [-0.1, -0.05) is 6.92 Å². The van der Waals surface area contributed by atoms with E-state index in [0.29, 0.717) is 17.2 Å². The number of H-pyrrole nitrogens is 1. The van der Waals surface area contributed by atoms with E-state index < -0.39 is 0 Å². The first-order chi connectivity index (χ1) is 6.19. The van der Waals surface area contributed by atoms with Crippen LogP contribution in [-0.2, 0) is 6.42 Å². The summed E-state index contributed by atoms with van der Waals surface area (Å²) in [6.45, 7) is 3.70. The molecule has 5 nitrogen and oxygen atoms in total. The molecule has 5 heteroatoms. The smallest absolute Gasteiger partial charge is 0.255 e. The lowest BCUT2D eigenvalue weighted by Crippen LogP contribution is -2.20. The van der Waals surface area contributed by atoms with E-state index >= 15 is 0 Å². The monoisotopic (exact) mass is 182 g/mol. The first-order valence-corrected chi connectivity index (χ1v) is 4.25. The van der Waals surface area contributed by atoms with Gasteiger partial charge in [-0.05, 0) is 13.3 Å². The third-order valence-electron chi connectivity index (χ3n) is 1.82. The van der Waals surface area contributed by atoms with Crippen molar-refractivity contribution in [3.63, 3.8) is 0 Å².